The van der Waals surface area contributed by atoms with Gasteiger partial charge in [-0.2, -0.15) is 0 Å². The number of amidine groups is 1. The summed E-state index contributed by atoms with van der Waals surface area (Å²) in [6.07, 6.45) is 5.36. The zero-order valence-electron chi connectivity index (χ0n) is 13.0. The molecule has 6 heteroatoms. The third-order valence-electron chi connectivity index (χ3n) is 4.82. The number of piperidine rings is 1. The summed E-state index contributed by atoms with van der Waals surface area (Å²) in [5, 5.41) is 11.8. The van der Waals surface area contributed by atoms with Crippen LogP contribution >= 0.6 is 0 Å². The number of amides is 1. The van der Waals surface area contributed by atoms with E-state index in [1.54, 1.807) is 0 Å². The summed E-state index contributed by atoms with van der Waals surface area (Å²) in [7, 11) is 0. The molecule has 2 aliphatic heterocycles. The molecule has 0 aromatic heterocycles. The van der Waals surface area contributed by atoms with Crippen molar-refractivity contribution < 1.29 is 10.0 Å². The SMILES string of the molecule is CCC(C(=O)N1CCC(CN2CCCC2)CC1)C(N)=NO. The molecule has 1 atom stereocenters. The van der Waals surface area contributed by atoms with Crippen molar-refractivity contribution in [2.24, 2.45) is 22.7 Å². The lowest BCUT2D eigenvalue weighted by Crippen LogP contribution is -2.46. The molecule has 21 heavy (non-hydrogen) atoms. The van der Waals surface area contributed by atoms with Gasteiger partial charge in [-0.05, 0) is 51.1 Å². The number of oxime groups is 1. The standard InChI is InChI=1S/C15H28N4O2/c1-2-13(14(16)17-21)15(20)19-9-5-12(6-10-19)11-18-7-3-4-8-18/h12-13,21H,2-11H2,1H3,(H2,16,17). The van der Waals surface area contributed by atoms with Crippen molar-refractivity contribution >= 4 is 11.7 Å². The van der Waals surface area contributed by atoms with Crippen LogP contribution in [0.4, 0.5) is 0 Å². The van der Waals surface area contributed by atoms with Crippen LogP contribution in [0.25, 0.3) is 0 Å². The number of carbonyl (C=O) groups is 1. The predicted octanol–water partition coefficient (Wildman–Crippen LogP) is 1.09. The van der Waals surface area contributed by atoms with E-state index in [1.807, 2.05) is 11.8 Å². The summed E-state index contributed by atoms with van der Waals surface area (Å²) in [5.41, 5.74) is 5.62. The molecule has 2 fully saturated rings. The normalized spacial score (nSPS) is 23.5. The Bertz CT molecular complexity index is 372. The minimum absolute atomic E-state index is 0.00687. The second-order valence-electron chi connectivity index (χ2n) is 6.26. The first-order valence-electron chi connectivity index (χ1n) is 8.14. The highest BCUT2D eigenvalue weighted by atomic mass is 16.4. The maximum Gasteiger partial charge on any atom is 0.233 e. The zero-order valence-corrected chi connectivity index (χ0v) is 13.0. The van der Waals surface area contributed by atoms with Crippen LogP contribution in [-0.2, 0) is 4.79 Å². The molecule has 1 unspecified atom stereocenters. The first-order valence-corrected chi connectivity index (χ1v) is 8.14. The van der Waals surface area contributed by atoms with Gasteiger partial charge in [0.1, 0.15) is 0 Å². The van der Waals surface area contributed by atoms with E-state index in [-0.39, 0.29) is 11.7 Å². The second kappa shape index (κ2) is 7.64. The lowest BCUT2D eigenvalue weighted by Gasteiger charge is -2.35. The number of nitrogens with zero attached hydrogens (tertiary/aromatic N) is 3. The maximum absolute atomic E-state index is 12.4. The van der Waals surface area contributed by atoms with Crippen LogP contribution < -0.4 is 5.73 Å². The number of likely N-dealkylation sites (tertiary alicyclic amines) is 2. The van der Waals surface area contributed by atoms with E-state index in [4.69, 9.17) is 10.9 Å². The Kier molecular flexibility index (Phi) is 5.85. The van der Waals surface area contributed by atoms with E-state index in [2.05, 4.69) is 10.1 Å². The molecule has 2 saturated heterocycles. The van der Waals surface area contributed by atoms with Gasteiger partial charge in [0.2, 0.25) is 5.91 Å². The van der Waals surface area contributed by atoms with Crippen LogP contribution in [0.5, 0.6) is 0 Å². The molecular weight excluding hydrogens is 268 g/mol. The highest BCUT2D eigenvalue weighted by Gasteiger charge is 2.30. The molecule has 0 radical (unpaired) electrons. The molecule has 120 valence electrons. The highest BCUT2D eigenvalue weighted by molar-refractivity contribution is 6.02. The van der Waals surface area contributed by atoms with Crippen LogP contribution in [0.15, 0.2) is 5.16 Å². The molecule has 2 aliphatic rings. The van der Waals surface area contributed by atoms with Gasteiger partial charge in [-0.25, -0.2) is 0 Å². The molecule has 0 saturated carbocycles. The predicted molar refractivity (Wildman–Crippen MR) is 82.2 cm³/mol. The number of nitrogens with two attached hydrogens (primary N) is 1. The summed E-state index contributed by atoms with van der Waals surface area (Å²) >= 11 is 0. The molecule has 0 aliphatic carbocycles. The molecule has 0 spiro atoms. The first kappa shape index (κ1) is 16.1. The monoisotopic (exact) mass is 296 g/mol. The average Bonchev–Trinajstić information content (AvgIpc) is 3.01. The number of hydrogen-bond donors (Lipinski definition) is 2. The molecular formula is C15H28N4O2. The fourth-order valence-corrected chi connectivity index (χ4v) is 3.47. The van der Waals surface area contributed by atoms with Gasteiger partial charge in [0, 0.05) is 19.6 Å². The molecule has 1 amide bonds. The van der Waals surface area contributed by atoms with E-state index in [0.29, 0.717) is 12.3 Å². The summed E-state index contributed by atoms with van der Waals surface area (Å²) in [4.78, 5) is 16.9. The smallest absolute Gasteiger partial charge is 0.233 e. The summed E-state index contributed by atoms with van der Waals surface area (Å²) in [5.74, 6) is 0.260. The van der Waals surface area contributed by atoms with E-state index in [1.165, 1.54) is 32.5 Å². The zero-order chi connectivity index (χ0) is 15.2. The molecule has 0 aromatic rings. The lowest BCUT2D eigenvalue weighted by atomic mass is 9.94. The van der Waals surface area contributed by atoms with Crippen molar-refractivity contribution in [2.75, 3.05) is 32.7 Å². The Balaban J connectivity index is 1.80. The molecule has 0 aromatic carbocycles. The van der Waals surface area contributed by atoms with Crippen LogP contribution in [0, 0.1) is 11.8 Å². The Morgan fingerprint density at radius 2 is 1.90 bits per heavy atom. The van der Waals surface area contributed by atoms with Crippen molar-refractivity contribution in [3.63, 3.8) is 0 Å². The minimum atomic E-state index is -0.481. The minimum Gasteiger partial charge on any atom is -0.409 e. The topological polar surface area (TPSA) is 82.2 Å². The highest BCUT2D eigenvalue weighted by Crippen LogP contribution is 2.22. The first-order chi connectivity index (χ1) is 10.2. The van der Waals surface area contributed by atoms with Gasteiger partial charge in [-0.1, -0.05) is 12.1 Å². The van der Waals surface area contributed by atoms with Gasteiger partial charge in [0.25, 0.3) is 0 Å². The quantitative estimate of drug-likeness (QED) is 0.344. The van der Waals surface area contributed by atoms with Gasteiger partial charge in [-0.3, -0.25) is 4.79 Å². The van der Waals surface area contributed by atoms with Gasteiger partial charge in [-0.15, -0.1) is 0 Å². The van der Waals surface area contributed by atoms with E-state index < -0.39 is 5.92 Å². The van der Waals surface area contributed by atoms with Crippen molar-refractivity contribution in [1.29, 1.82) is 0 Å². The van der Waals surface area contributed by atoms with Crippen LogP contribution in [0.3, 0.4) is 0 Å². The molecule has 2 heterocycles. The van der Waals surface area contributed by atoms with Crippen molar-refractivity contribution in [1.82, 2.24) is 9.80 Å². The Morgan fingerprint density at radius 1 is 1.29 bits per heavy atom. The third kappa shape index (κ3) is 4.09. The number of carbonyl (C=O) groups excluding carboxylic acids is 1. The van der Waals surface area contributed by atoms with Crippen LogP contribution in [0.1, 0.15) is 39.0 Å². The average molecular weight is 296 g/mol. The lowest BCUT2D eigenvalue weighted by molar-refractivity contribution is -0.135. The summed E-state index contributed by atoms with van der Waals surface area (Å²) in [6.45, 7) is 7.14. The van der Waals surface area contributed by atoms with Crippen molar-refractivity contribution in [3.8, 4) is 0 Å². The van der Waals surface area contributed by atoms with Gasteiger partial charge in [0.05, 0.1) is 5.92 Å². The Hall–Kier alpha value is -1.30. The number of rotatable bonds is 5. The Labute approximate surface area is 127 Å². The van der Waals surface area contributed by atoms with Gasteiger partial charge >= 0.3 is 0 Å². The second-order valence-corrected chi connectivity index (χ2v) is 6.26. The number of hydrogen-bond acceptors (Lipinski definition) is 4. The molecule has 2 rings (SSSR count). The van der Waals surface area contributed by atoms with E-state index >= 15 is 0 Å². The third-order valence-corrected chi connectivity index (χ3v) is 4.82. The molecule has 6 nitrogen and oxygen atoms in total. The largest absolute Gasteiger partial charge is 0.409 e. The maximum atomic E-state index is 12.4. The van der Waals surface area contributed by atoms with E-state index in [9.17, 15) is 4.79 Å². The van der Waals surface area contributed by atoms with Crippen LogP contribution in [-0.4, -0.2) is 59.5 Å². The fourth-order valence-electron chi connectivity index (χ4n) is 3.47. The van der Waals surface area contributed by atoms with Crippen molar-refractivity contribution in [2.45, 2.75) is 39.0 Å². The van der Waals surface area contributed by atoms with Crippen molar-refractivity contribution in [3.05, 3.63) is 0 Å². The Morgan fingerprint density at radius 3 is 2.43 bits per heavy atom. The van der Waals surface area contributed by atoms with Gasteiger partial charge < -0.3 is 20.7 Å². The molecule has 3 N–H and O–H groups in total. The summed E-state index contributed by atoms with van der Waals surface area (Å²) in [6, 6.07) is 0. The summed E-state index contributed by atoms with van der Waals surface area (Å²) < 4.78 is 0. The van der Waals surface area contributed by atoms with Gasteiger partial charge in [0.15, 0.2) is 5.84 Å². The molecule has 0 bridgehead atoms. The van der Waals surface area contributed by atoms with E-state index in [0.717, 1.165) is 25.9 Å². The van der Waals surface area contributed by atoms with Crippen LogP contribution in [0.2, 0.25) is 0 Å². The fraction of sp³-hybridized carbons (Fsp3) is 0.867.